The van der Waals surface area contributed by atoms with Crippen LogP contribution in [0.5, 0.6) is 0 Å². The maximum absolute atomic E-state index is 13.3. The first-order valence-electron chi connectivity index (χ1n) is 12.4. The second-order valence-electron chi connectivity index (χ2n) is 9.96. The summed E-state index contributed by atoms with van der Waals surface area (Å²) in [7, 11) is 1.85. The van der Waals surface area contributed by atoms with Crippen LogP contribution >= 0.6 is 0 Å². The van der Waals surface area contributed by atoms with Crippen molar-refractivity contribution in [3.63, 3.8) is 0 Å². The van der Waals surface area contributed by atoms with Gasteiger partial charge in [0.15, 0.2) is 5.82 Å². The van der Waals surface area contributed by atoms with Gasteiger partial charge in [0.25, 0.3) is 5.78 Å². The monoisotopic (exact) mass is 486 g/mol. The lowest BCUT2D eigenvalue weighted by Gasteiger charge is -2.32. The van der Waals surface area contributed by atoms with Crippen LogP contribution in [0.2, 0.25) is 0 Å². The van der Waals surface area contributed by atoms with Gasteiger partial charge in [-0.1, -0.05) is 19.9 Å². The summed E-state index contributed by atoms with van der Waals surface area (Å²) in [5.74, 6) is -0.608. The lowest BCUT2D eigenvalue weighted by molar-refractivity contribution is 0.0102. The van der Waals surface area contributed by atoms with Crippen LogP contribution < -0.4 is 10.2 Å². The van der Waals surface area contributed by atoms with Gasteiger partial charge >= 0.3 is 0 Å². The predicted octanol–water partition coefficient (Wildman–Crippen LogP) is 4.92. The normalized spacial score (nSPS) is 17.7. The van der Waals surface area contributed by atoms with E-state index < -0.39 is 5.92 Å². The number of halogens is 2. The van der Waals surface area contributed by atoms with Crippen LogP contribution in [0.4, 0.5) is 14.6 Å². The summed E-state index contributed by atoms with van der Waals surface area (Å²) in [5.41, 5.74) is 3.19. The van der Waals surface area contributed by atoms with Gasteiger partial charge in [-0.3, -0.25) is 4.68 Å². The Balaban J connectivity index is 1.58. The number of imidazole rings is 1. The van der Waals surface area contributed by atoms with Crippen molar-refractivity contribution >= 4 is 17.3 Å². The molecule has 0 aliphatic carbocycles. The third-order valence-electron chi connectivity index (χ3n) is 6.63. The largest absolute Gasteiger partial charge is 0.375 e. The number of fused-ring (bicyclic) bond motifs is 1. The zero-order valence-electron chi connectivity index (χ0n) is 21.1. The van der Waals surface area contributed by atoms with E-state index in [1.807, 2.05) is 26.2 Å². The summed E-state index contributed by atoms with van der Waals surface area (Å²) >= 11 is 0. The number of rotatable bonds is 10. The first kappa shape index (κ1) is 25.1. The molecule has 0 bridgehead atoms. The van der Waals surface area contributed by atoms with E-state index in [9.17, 15) is 8.78 Å². The standard InChI is InChI=1S/C25H36F2N8/c1-17-9-8-14-34(15-17)23-19(3)32-35-16-21(30-24(35)31-23)20(10-6-7-12-25(4,26)27)29-18(2)22-11-13-28-33(22)5/h11,13,16-17,20,29H,2,6-10,12,14-15H2,1,3-5H3. The first-order chi connectivity index (χ1) is 16.6. The highest BCUT2D eigenvalue weighted by Gasteiger charge is 2.24. The van der Waals surface area contributed by atoms with Crippen molar-refractivity contribution in [3.8, 4) is 0 Å². The topological polar surface area (TPSA) is 76.2 Å². The number of piperidine rings is 1. The number of alkyl halides is 2. The van der Waals surface area contributed by atoms with Gasteiger partial charge in [0.1, 0.15) is 5.69 Å². The van der Waals surface area contributed by atoms with Gasteiger partial charge in [-0.2, -0.15) is 15.2 Å². The number of anilines is 1. The van der Waals surface area contributed by atoms with Crippen molar-refractivity contribution in [2.24, 2.45) is 13.0 Å². The molecule has 2 unspecified atom stereocenters. The van der Waals surface area contributed by atoms with Crippen LogP contribution in [0.3, 0.4) is 0 Å². The zero-order chi connectivity index (χ0) is 25.2. The number of hydrogen-bond donors (Lipinski definition) is 1. The van der Waals surface area contributed by atoms with Gasteiger partial charge in [-0.25, -0.2) is 18.3 Å². The molecule has 1 aliphatic heterocycles. The lowest BCUT2D eigenvalue weighted by atomic mass is 10.0. The molecule has 0 saturated carbocycles. The molecule has 1 saturated heterocycles. The molecule has 10 heteroatoms. The molecule has 0 aromatic carbocycles. The SMILES string of the molecule is C=C(NC(CCCCC(C)(F)F)c1cn2nc(C)c(N3CCCC(C)C3)nc2n1)c1ccnn1C. The van der Waals surface area contributed by atoms with Crippen molar-refractivity contribution in [1.82, 2.24) is 34.7 Å². The quantitative estimate of drug-likeness (QED) is 0.410. The first-order valence-corrected chi connectivity index (χ1v) is 12.4. The molecular formula is C25H36F2N8. The molecule has 1 aliphatic rings. The predicted molar refractivity (Wildman–Crippen MR) is 133 cm³/mol. The molecule has 2 atom stereocenters. The number of aryl methyl sites for hydroxylation is 2. The average Bonchev–Trinajstić information content (AvgIpc) is 3.40. The molecule has 8 nitrogen and oxygen atoms in total. The Hall–Kier alpha value is -3.04. The second-order valence-corrected chi connectivity index (χ2v) is 9.96. The maximum atomic E-state index is 13.3. The van der Waals surface area contributed by atoms with E-state index in [0.717, 1.165) is 49.3 Å². The molecule has 35 heavy (non-hydrogen) atoms. The van der Waals surface area contributed by atoms with Crippen molar-refractivity contribution in [2.75, 3.05) is 18.0 Å². The molecule has 1 N–H and O–H groups in total. The van der Waals surface area contributed by atoms with E-state index in [-0.39, 0.29) is 12.5 Å². The molecule has 1 fully saturated rings. The summed E-state index contributed by atoms with van der Waals surface area (Å²) in [6.45, 7) is 11.3. The molecule has 3 aromatic rings. The Bertz CT molecular complexity index is 1160. The summed E-state index contributed by atoms with van der Waals surface area (Å²) in [5, 5.41) is 12.4. The minimum Gasteiger partial charge on any atom is -0.375 e. The van der Waals surface area contributed by atoms with E-state index in [0.29, 0.717) is 36.7 Å². The van der Waals surface area contributed by atoms with Gasteiger partial charge in [0.05, 0.1) is 29.3 Å². The fourth-order valence-corrected chi connectivity index (χ4v) is 4.79. The van der Waals surface area contributed by atoms with Crippen molar-refractivity contribution in [1.29, 1.82) is 0 Å². The number of nitrogens with one attached hydrogen (secondary N) is 1. The minimum absolute atomic E-state index is 0.131. The molecule has 3 aromatic heterocycles. The van der Waals surface area contributed by atoms with Gasteiger partial charge < -0.3 is 10.2 Å². The molecule has 0 spiro atoms. The average molecular weight is 487 g/mol. The second kappa shape index (κ2) is 10.3. The van der Waals surface area contributed by atoms with Gasteiger partial charge in [-0.05, 0) is 51.5 Å². The highest BCUT2D eigenvalue weighted by Crippen LogP contribution is 2.27. The number of aromatic nitrogens is 6. The summed E-state index contributed by atoms with van der Waals surface area (Å²) in [6.07, 6.45) is 7.53. The number of unbranched alkanes of at least 4 members (excludes halogenated alkanes) is 1. The number of nitrogens with zero attached hydrogens (tertiary/aromatic N) is 7. The zero-order valence-corrected chi connectivity index (χ0v) is 21.1. The van der Waals surface area contributed by atoms with E-state index in [4.69, 9.17) is 15.1 Å². The van der Waals surface area contributed by atoms with Gasteiger partial charge in [-0.15, -0.1) is 0 Å². The minimum atomic E-state index is -2.65. The highest BCUT2D eigenvalue weighted by molar-refractivity contribution is 5.58. The Morgan fingerprint density at radius 1 is 1.31 bits per heavy atom. The number of hydrogen-bond acceptors (Lipinski definition) is 6. The summed E-state index contributed by atoms with van der Waals surface area (Å²) in [4.78, 5) is 12.0. The van der Waals surface area contributed by atoms with Crippen LogP contribution in [0.15, 0.2) is 25.0 Å². The van der Waals surface area contributed by atoms with E-state index in [1.54, 1.807) is 15.4 Å². The summed E-state index contributed by atoms with van der Waals surface area (Å²) in [6, 6.07) is 1.66. The van der Waals surface area contributed by atoms with Crippen LogP contribution in [0, 0.1) is 12.8 Å². The molecule has 0 amide bonds. The molecular weight excluding hydrogens is 450 g/mol. The highest BCUT2D eigenvalue weighted by atomic mass is 19.3. The smallest absolute Gasteiger partial charge is 0.252 e. The maximum Gasteiger partial charge on any atom is 0.252 e. The molecule has 4 rings (SSSR count). The van der Waals surface area contributed by atoms with E-state index >= 15 is 0 Å². The Morgan fingerprint density at radius 3 is 2.80 bits per heavy atom. The van der Waals surface area contributed by atoms with E-state index in [2.05, 4.69) is 28.8 Å². The fourth-order valence-electron chi connectivity index (χ4n) is 4.79. The fraction of sp³-hybridized carbons (Fsp3) is 0.600. The van der Waals surface area contributed by atoms with Gasteiger partial charge in [0.2, 0.25) is 5.92 Å². The van der Waals surface area contributed by atoms with Crippen molar-refractivity contribution < 1.29 is 8.78 Å². The summed E-state index contributed by atoms with van der Waals surface area (Å²) < 4.78 is 30.1. The Labute approximate surface area is 205 Å². The third-order valence-corrected chi connectivity index (χ3v) is 6.63. The molecule has 4 heterocycles. The van der Waals surface area contributed by atoms with Crippen molar-refractivity contribution in [3.05, 3.63) is 42.1 Å². The van der Waals surface area contributed by atoms with Gasteiger partial charge in [0, 0.05) is 32.8 Å². The van der Waals surface area contributed by atoms with E-state index in [1.165, 1.54) is 6.42 Å². The lowest BCUT2D eigenvalue weighted by Crippen LogP contribution is -2.35. The van der Waals surface area contributed by atoms with Crippen LogP contribution in [-0.4, -0.2) is 48.4 Å². The molecule has 190 valence electrons. The molecule has 0 radical (unpaired) electrons. The van der Waals surface area contributed by atoms with Crippen LogP contribution in [0.25, 0.3) is 11.5 Å². The Morgan fingerprint density at radius 2 is 2.11 bits per heavy atom. The third kappa shape index (κ3) is 6.15. The van der Waals surface area contributed by atoms with Crippen molar-refractivity contribution in [2.45, 2.75) is 71.3 Å². The van der Waals surface area contributed by atoms with Crippen LogP contribution in [-0.2, 0) is 7.05 Å². The Kier molecular flexibility index (Phi) is 7.37. The van der Waals surface area contributed by atoms with Crippen LogP contribution in [0.1, 0.15) is 75.5 Å².